The minimum absolute atomic E-state index is 0.0576. The number of alkyl halides is 3. The zero-order valence-electron chi connectivity index (χ0n) is 13.8. The molecule has 0 saturated heterocycles. The third kappa shape index (κ3) is 7.10. The summed E-state index contributed by atoms with van der Waals surface area (Å²) in [7, 11) is 0. The quantitative estimate of drug-likeness (QED) is 0.514. The molecule has 0 aliphatic carbocycles. The molecule has 0 fully saturated rings. The van der Waals surface area contributed by atoms with Gasteiger partial charge in [0.2, 0.25) is 5.91 Å². The number of rotatable bonds is 6. The number of carbonyl (C=O) groups is 2. The zero-order chi connectivity index (χ0) is 20.7. The van der Waals surface area contributed by atoms with Gasteiger partial charge in [-0.25, -0.2) is 4.98 Å². The molecule has 0 radical (unpaired) electrons. The van der Waals surface area contributed by atoms with E-state index in [0.29, 0.717) is 17.0 Å². The first kappa shape index (κ1) is 22.1. The van der Waals surface area contributed by atoms with Gasteiger partial charge in [0.15, 0.2) is 6.61 Å². The molecule has 1 aromatic heterocycles. The number of hydrogen-bond acceptors (Lipinski definition) is 5. The molecule has 2 aromatic rings. The van der Waals surface area contributed by atoms with Crippen molar-refractivity contribution in [2.24, 2.45) is 0 Å². The number of aromatic nitrogens is 1. The summed E-state index contributed by atoms with van der Waals surface area (Å²) >= 11 is 12.3. The molecule has 0 bridgehead atoms. The van der Waals surface area contributed by atoms with Crippen LogP contribution < -0.4 is 15.6 Å². The van der Waals surface area contributed by atoms with Crippen LogP contribution in [0.4, 0.5) is 13.2 Å². The maximum absolute atomic E-state index is 12.6. The van der Waals surface area contributed by atoms with E-state index in [2.05, 4.69) is 15.8 Å². The van der Waals surface area contributed by atoms with Gasteiger partial charge in [0.05, 0.1) is 16.3 Å². The molecule has 2 rings (SSSR count). The maximum Gasteiger partial charge on any atom is 0.417 e. The number of ether oxygens (including phenoxy) is 1. The summed E-state index contributed by atoms with van der Waals surface area (Å²) in [6.07, 6.45) is -3.93. The van der Waals surface area contributed by atoms with Crippen LogP contribution >= 0.6 is 35.0 Å². The Labute approximate surface area is 171 Å². The van der Waals surface area contributed by atoms with E-state index >= 15 is 0 Å². The summed E-state index contributed by atoms with van der Waals surface area (Å²) in [5.41, 5.74) is 3.29. The van der Waals surface area contributed by atoms with Gasteiger partial charge in [-0.3, -0.25) is 20.4 Å². The number of pyridine rings is 1. The first-order valence-corrected chi connectivity index (χ1v) is 9.21. The van der Waals surface area contributed by atoms with E-state index in [4.69, 9.17) is 27.9 Å². The van der Waals surface area contributed by atoms with Gasteiger partial charge in [0.1, 0.15) is 10.8 Å². The molecule has 6 nitrogen and oxygen atoms in total. The smallest absolute Gasteiger partial charge is 0.417 e. The van der Waals surface area contributed by atoms with E-state index in [1.54, 1.807) is 24.3 Å². The first-order valence-electron chi connectivity index (χ1n) is 7.47. The van der Waals surface area contributed by atoms with Crippen LogP contribution in [0.5, 0.6) is 5.75 Å². The van der Waals surface area contributed by atoms with E-state index in [-0.39, 0.29) is 22.4 Å². The van der Waals surface area contributed by atoms with Gasteiger partial charge in [-0.05, 0) is 30.3 Å². The second-order valence-corrected chi connectivity index (χ2v) is 6.94. The third-order valence-electron chi connectivity index (χ3n) is 3.00. The van der Waals surface area contributed by atoms with Gasteiger partial charge in [0.25, 0.3) is 5.91 Å². The Kier molecular flexibility index (Phi) is 7.78. The van der Waals surface area contributed by atoms with Crippen molar-refractivity contribution in [1.82, 2.24) is 15.8 Å². The SMILES string of the molecule is O=C(COc1ccc(Cl)cc1)NNC(=O)CSc1ncc(C(F)(F)F)cc1Cl. The number of carbonyl (C=O) groups excluding carboxylic acids is 2. The molecule has 1 heterocycles. The minimum atomic E-state index is -4.56. The number of thioether (sulfide) groups is 1. The van der Waals surface area contributed by atoms with Crippen molar-refractivity contribution in [1.29, 1.82) is 0 Å². The molecule has 1 aromatic carbocycles. The fourth-order valence-corrected chi connectivity index (χ4v) is 2.83. The van der Waals surface area contributed by atoms with E-state index in [1.165, 1.54) is 0 Å². The van der Waals surface area contributed by atoms with Crippen LogP contribution in [-0.4, -0.2) is 29.2 Å². The second kappa shape index (κ2) is 9.85. The van der Waals surface area contributed by atoms with Gasteiger partial charge < -0.3 is 4.74 Å². The van der Waals surface area contributed by atoms with Crippen LogP contribution in [0, 0.1) is 0 Å². The lowest BCUT2D eigenvalue weighted by Crippen LogP contribution is -2.44. The van der Waals surface area contributed by atoms with Crippen molar-refractivity contribution in [3.8, 4) is 5.75 Å². The van der Waals surface area contributed by atoms with Crippen LogP contribution in [0.1, 0.15) is 5.56 Å². The van der Waals surface area contributed by atoms with Gasteiger partial charge in [-0.2, -0.15) is 13.2 Å². The van der Waals surface area contributed by atoms with E-state index in [9.17, 15) is 22.8 Å². The van der Waals surface area contributed by atoms with Crippen LogP contribution in [0.25, 0.3) is 0 Å². The van der Waals surface area contributed by atoms with E-state index in [1.807, 2.05) is 0 Å². The Morgan fingerprint density at radius 3 is 2.36 bits per heavy atom. The molecule has 0 spiro atoms. The minimum Gasteiger partial charge on any atom is -0.484 e. The second-order valence-electron chi connectivity index (χ2n) is 5.14. The van der Waals surface area contributed by atoms with Crippen molar-refractivity contribution >= 4 is 46.8 Å². The molecule has 0 saturated carbocycles. The highest BCUT2D eigenvalue weighted by molar-refractivity contribution is 8.00. The Bertz CT molecular complexity index is 851. The highest BCUT2D eigenvalue weighted by Gasteiger charge is 2.31. The van der Waals surface area contributed by atoms with Gasteiger partial charge in [-0.15, -0.1) is 0 Å². The molecule has 0 unspecified atom stereocenters. The van der Waals surface area contributed by atoms with E-state index in [0.717, 1.165) is 17.8 Å². The van der Waals surface area contributed by atoms with Gasteiger partial charge in [-0.1, -0.05) is 35.0 Å². The number of nitrogens with zero attached hydrogens (tertiary/aromatic N) is 1. The van der Waals surface area contributed by atoms with E-state index < -0.39 is 23.6 Å². The Hall–Kier alpha value is -2.17. The molecule has 12 heteroatoms. The summed E-state index contributed by atoms with van der Waals surface area (Å²) in [6.45, 7) is -0.346. The molecule has 28 heavy (non-hydrogen) atoms. The van der Waals surface area contributed by atoms with Crippen molar-refractivity contribution in [3.05, 3.63) is 52.1 Å². The average Bonchev–Trinajstić information content (AvgIpc) is 2.64. The normalized spacial score (nSPS) is 11.0. The summed E-state index contributed by atoms with van der Waals surface area (Å²) in [5.74, 6) is -1.03. The van der Waals surface area contributed by atoms with Crippen molar-refractivity contribution in [3.63, 3.8) is 0 Å². The van der Waals surface area contributed by atoms with Crippen LogP contribution in [0.2, 0.25) is 10.0 Å². The number of hydrazine groups is 1. The molecule has 0 aliphatic heterocycles. The topological polar surface area (TPSA) is 80.3 Å². The van der Waals surface area contributed by atoms with Gasteiger partial charge >= 0.3 is 6.18 Å². The van der Waals surface area contributed by atoms with Crippen molar-refractivity contribution in [2.45, 2.75) is 11.2 Å². The Morgan fingerprint density at radius 2 is 1.75 bits per heavy atom. The Balaban J connectivity index is 1.73. The average molecular weight is 454 g/mol. The lowest BCUT2D eigenvalue weighted by molar-refractivity contribution is -0.137. The first-order chi connectivity index (χ1) is 13.1. The number of nitrogens with one attached hydrogen (secondary N) is 2. The molecule has 0 aliphatic rings. The summed E-state index contributed by atoms with van der Waals surface area (Å²) < 4.78 is 42.9. The Morgan fingerprint density at radius 1 is 1.11 bits per heavy atom. The number of hydrogen-bond donors (Lipinski definition) is 2. The highest BCUT2D eigenvalue weighted by Crippen LogP contribution is 2.33. The number of halogens is 5. The summed E-state index contributed by atoms with van der Waals surface area (Å²) in [5, 5.41) is 0.347. The van der Waals surface area contributed by atoms with Crippen LogP contribution in [0.3, 0.4) is 0 Å². The number of amides is 2. The monoisotopic (exact) mass is 453 g/mol. The molecule has 150 valence electrons. The predicted octanol–water partition coefficient (Wildman–Crippen LogP) is 3.73. The predicted molar refractivity (Wildman–Crippen MR) is 98.2 cm³/mol. The fraction of sp³-hybridized carbons (Fsp3) is 0.188. The lowest BCUT2D eigenvalue weighted by Gasteiger charge is -2.10. The number of benzene rings is 1. The van der Waals surface area contributed by atoms with Crippen LogP contribution in [-0.2, 0) is 15.8 Å². The maximum atomic E-state index is 12.6. The molecule has 2 amide bonds. The fourth-order valence-electron chi connectivity index (χ4n) is 1.71. The zero-order valence-corrected chi connectivity index (χ0v) is 16.2. The molecule has 2 N–H and O–H groups in total. The molecular weight excluding hydrogens is 442 g/mol. The standard InChI is InChI=1S/C16H12Cl2F3N3O3S/c17-10-1-3-11(4-2-10)27-7-13(25)23-24-14(26)8-28-15-12(18)5-9(6-22-15)16(19,20)21/h1-6H,7-8H2,(H,23,25)(H,24,26). The summed E-state index contributed by atoms with van der Waals surface area (Å²) in [6, 6.07) is 7.06. The third-order valence-corrected chi connectivity index (χ3v) is 4.66. The summed E-state index contributed by atoms with van der Waals surface area (Å²) in [4.78, 5) is 26.9. The highest BCUT2D eigenvalue weighted by atomic mass is 35.5. The van der Waals surface area contributed by atoms with Crippen molar-refractivity contribution in [2.75, 3.05) is 12.4 Å². The largest absolute Gasteiger partial charge is 0.484 e. The lowest BCUT2D eigenvalue weighted by atomic mass is 10.3. The molecular formula is C16H12Cl2F3N3O3S. The van der Waals surface area contributed by atoms with Crippen molar-refractivity contribution < 1.29 is 27.5 Å². The molecule has 0 atom stereocenters. The van der Waals surface area contributed by atoms with Crippen LogP contribution in [0.15, 0.2) is 41.6 Å². The van der Waals surface area contributed by atoms with Gasteiger partial charge in [0, 0.05) is 11.2 Å².